The van der Waals surface area contributed by atoms with Crippen molar-refractivity contribution in [3.05, 3.63) is 97.4 Å². The Morgan fingerprint density at radius 1 is 1.21 bits per heavy atom. The van der Waals surface area contributed by atoms with Crippen LogP contribution >= 0.6 is 11.6 Å². The SMILES string of the molecule is CCCCn1c(N)c(N(Cc2ccccc2)C(=O)/C=C/c2ccc(F)c(Cl)c2)c(=O)[nH]c1=O. The van der Waals surface area contributed by atoms with Gasteiger partial charge < -0.3 is 5.73 Å². The summed E-state index contributed by atoms with van der Waals surface area (Å²) in [5.74, 6) is -1.20. The number of anilines is 2. The summed E-state index contributed by atoms with van der Waals surface area (Å²) in [6, 6.07) is 13.1. The van der Waals surface area contributed by atoms with Crippen molar-refractivity contribution in [1.82, 2.24) is 9.55 Å². The molecule has 0 spiro atoms. The number of aromatic nitrogens is 2. The molecule has 0 saturated carbocycles. The molecule has 7 nitrogen and oxygen atoms in total. The lowest BCUT2D eigenvalue weighted by atomic mass is 10.1. The highest BCUT2D eigenvalue weighted by Crippen LogP contribution is 2.21. The van der Waals surface area contributed by atoms with Gasteiger partial charge in [-0.25, -0.2) is 9.18 Å². The third-order valence-electron chi connectivity index (χ3n) is 5.03. The molecular formula is C24H24ClFN4O3. The van der Waals surface area contributed by atoms with E-state index < -0.39 is 23.0 Å². The predicted octanol–water partition coefficient (Wildman–Crippen LogP) is 3.96. The lowest BCUT2D eigenvalue weighted by Crippen LogP contribution is -2.40. The highest BCUT2D eigenvalue weighted by molar-refractivity contribution is 6.30. The topological polar surface area (TPSA) is 101 Å². The number of nitrogens with two attached hydrogens (primary N) is 1. The van der Waals surface area contributed by atoms with Gasteiger partial charge in [-0.1, -0.05) is 61.3 Å². The standard InChI is InChI=1S/C24H24ClFN4O3/c1-2-3-13-29-22(27)21(23(32)28-24(29)33)30(15-17-7-5-4-6-8-17)20(31)12-10-16-9-11-19(26)18(25)14-16/h4-12,14H,2-3,13,15,27H2,1H3,(H,28,32,33)/b12-10+. The molecule has 0 bridgehead atoms. The van der Waals surface area contributed by atoms with Gasteiger partial charge in [0.2, 0.25) is 0 Å². The fraction of sp³-hybridized carbons (Fsp3) is 0.208. The molecule has 172 valence electrons. The van der Waals surface area contributed by atoms with E-state index in [0.717, 1.165) is 12.0 Å². The van der Waals surface area contributed by atoms with Crippen LogP contribution in [0.25, 0.3) is 6.08 Å². The van der Waals surface area contributed by atoms with Gasteiger partial charge in [-0.3, -0.25) is 24.0 Å². The minimum atomic E-state index is -0.757. The first-order valence-electron chi connectivity index (χ1n) is 10.4. The molecule has 0 aliphatic rings. The Hall–Kier alpha value is -3.65. The van der Waals surface area contributed by atoms with Gasteiger partial charge in [0.05, 0.1) is 11.6 Å². The van der Waals surface area contributed by atoms with Gasteiger partial charge in [0.1, 0.15) is 11.6 Å². The fourth-order valence-corrected chi connectivity index (χ4v) is 3.47. The van der Waals surface area contributed by atoms with E-state index >= 15 is 0 Å². The largest absolute Gasteiger partial charge is 0.383 e. The Balaban J connectivity index is 2.05. The smallest absolute Gasteiger partial charge is 0.330 e. The zero-order valence-electron chi connectivity index (χ0n) is 18.1. The minimum absolute atomic E-state index is 0.0491. The number of benzene rings is 2. The molecular weight excluding hydrogens is 447 g/mol. The summed E-state index contributed by atoms with van der Waals surface area (Å²) in [6.45, 7) is 2.32. The maximum atomic E-state index is 13.4. The second kappa shape index (κ2) is 10.8. The molecule has 2 aromatic carbocycles. The van der Waals surface area contributed by atoms with E-state index in [4.69, 9.17) is 17.3 Å². The Bertz CT molecular complexity index is 1290. The minimum Gasteiger partial charge on any atom is -0.383 e. The Labute approximate surface area is 194 Å². The summed E-state index contributed by atoms with van der Waals surface area (Å²) in [5, 5.41) is -0.0746. The summed E-state index contributed by atoms with van der Waals surface area (Å²) >= 11 is 5.81. The molecule has 1 aromatic heterocycles. The highest BCUT2D eigenvalue weighted by Gasteiger charge is 2.23. The van der Waals surface area contributed by atoms with Gasteiger partial charge >= 0.3 is 5.69 Å². The van der Waals surface area contributed by atoms with Crippen molar-refractivity contribution < 1.29 is 9.18 Å². The number of aromatic amines is 1. The van der Waals surface area contributed by atoms with E-state index in [0.29, 0.717) is 18.5 Å². The van der Waals surface area contributed by atoms with Crippen LogP contribution in [0.1, 0.15) is 30.9 Å². The summed E-state index contributed by atoms with van der Waals surface area (Å²) < 4.78 is 14.7. The van der Waals surface area contributed by atoms with Crippen LogP contribution in [0.15, 0.2) is 64.2 Å². The molecule has 0 saturated heterocycles. The number of nitrogens with one attached hydrogen (secondary N) is 1. The van der Waals surface area contributed by atoms with E-state index in [9.17, 15) is 18.8 Å². The molecule has 33 heavy (non-hydrogen) atoms. The first-order valence-corrected chi connectivity index (χ1v) is 10.8. The van der Waals surface area contributed by atoms with Crippen LogP contribution in [0.3, 0.4) is 0 Å². The van der Waals surface area contributed by atoms with E-state index in [1.807, 2.05) is 25.1 Å². The van der Waals surface area contributed by atoms with Crippen LogP contribution in [-0.4, -0.2) is 15.5 Å². The van der Waals surface area contributed by atoms with Crippen molar-refractivity contribution in [2.45, 2.75) is 32.9 Å². The molecule has 0 fully saturated rings. The van der Waals surface area contributed by atoms with E-state index in [1.54, 1.807) is 12.1 Å². The number of hydrogen-bond donors (Lipinski definition) is 2. The van der Waals surface area contributed by atoms with Crippen molar-refractivity contribution in [2.24, 2.45) is 0 Å². The summed E-state index contributed by atoms with van der Waals surface area (Å²) in [7, 11) is 0. The van der Waals surface area contributed by atoms with Crippen LogP contribution in [0, 0.1) is 5.82 Å². The zero-order chi connectivity index (χ0) is 24.0. The molecule has 0 aliphatic carbocycles. The third-order valence-corrected chi connectivity index (χ3v) is 5.32. The number of amides is 1. The van der Waals surface area contributed by atoms with Gasteiger partial charge in [0.15, 0.2) is 5.69 Å². The van der Waals surface area contributed by atoms with Crippen LogP contribution in [0.4, 0.5) is 15.9 Å². The molecule has 0 atom stereocenters. The number of nitrogens with zero attached hydrogens (tertiary/aromatic N) is 2. The fourth-order valence-electron chi connectivity index (χ4n) is 3.28. The second-order valence-corrected chi connectivity index (χ2v) is 7.82. The average molecular weight is 471 g/mol. The normalized spacial score (nSPS) is 11.1. The van der Waals surface area contributed by atoms with Gasteiger partial charge in [-0.05, 0) is 35.8 Å². The van der Waals surface area contributed by atoms with Crippen molar-refractivity contribution >= 4 is 35.1 Å². The lowest BCUT2D eigenvalue weighted by molar-refractivity contribution is -0.114. The summed E-state index contributed by atoms with van der Waals surface area (Å²) in [6.07, 6.45) is 4.19. The summed E-state index contributed by atoms with van der Waals surface area (Å²) in [5.41, 5.74) is 6.00. The monoisotopic (exact) mass is 470 g/mol. The highest BCUT2D eigenvalue weighted by atomic mass is 35.5. The van der Waals surface area contributed by atoms with E-state index in [1.165, 1.54) is 39.8 Å². The van der Waals surface area contributed by atoms with Crippen molar-refractivity contribution in [2.75, 3.05) is 10.6 Å². The lowest BCUT2D eigenvalue weighted by Gasteiger charge is -2.23. The number of unbranched alkanes of at least 4 members (excludes halogenated alkanes) is 1. The first-order chi connectivity index (χ1) is 15.8. The first kappa shape index (κ1) is 24.0. The quantitative estimate of drug-likeness (QED) is 0.486. The molecule has 9 heteroatoms. The van der Waals surface area contributed by atoms with Crippen molar-refractivity contribution in [3.63, 3.8) is 0 Å². The number of H-pyrrole nitrogens is 1. The number of hydrogen-bond acceptors (Lipinski definition) is 4. The maximum Gasteiger partial charge on any atom is 0.330 e. The Morgan fingerprint density at radius 2 is 1.94 bits per heavy atom. The average Bonchev–Trinajstić information content (AvgIpc) is 2.79. The Kier molecular flexibility index (Phi) is 7.84. The van der Waals surface area contributed by atoms with E-state index in [2.05, 4.69) is 4.98 Å². The van der Waals surface area contributed by atoms with Crippen LogP contribution < -0.4 is 21.9 Å². The second-order valence-electron chi connectivity index (χ2n) is 7.42. The van der Waals surface area contributed by atoms with Gasteiger partial charge in [-0.2, -0.15) is 0 Å². The molecule has 1 amide bonds. The Morgan fingerprint density at radius 3 is 2.61 bits per heavy atom. The number of carbonyl (C=O) groups is 1. The van der Waals surface area contributed by atoms with E-state index in [-0.39, 0.29) is 23.1 Å². The molecule has 0 unspecified atom stereocenters. The van der Waals surface area contributed by atoms with Gasteiger partial charge in [0, 0.05) is 12.6 Å². The molecule has 0 aliphatic heterocycles. The van der Waals surface area contributed by atoms with Crippen LogP contribution in [-0.2, 0) is 17.9 Å². The van der Waals surface area contributed by atoms with Crippen molar-refractivity contribution in [1.29, 1.82) is 0 Å². The number of rotatable bonds is 8. The molecule has 3 N–H and O–H groups in total. The predicted molar refractivity (Wildman–Crippen MR) is 129 cm³/mol. The molecule has 0 radical (unpaired) electrons. The third kappa shape index (κ3) is 5.78. The van der Waals surface area contributed by atoms with Crippen LogP contribution in [0.2, 0.25) is 5.02 Å². The van der Waals surface area contributed by atoms with Crippen molar-refractivity contribution in [3.8, 4) is 0 Å². The molecule has 1 heterocycles. The molecule has 3 rings (SSSR count). The van der Waals surface area contributed by atoms with Gasteiger partial charge in [-0.15, -0.1) is 0 Å². The zero-order valence-corrected chi connectivity index (χ0v) is 18.8. The number of nitrogen functional groups attached to an aromatic ring is 1. The van der Waals surface area contributed by atoms with Gasteiger partial charge in [0.25, 0.3) is 11.5 Å². The number of carbonyl (C=O) groups excluding carboxylic acids is 1. The number of halogens is 2. The molecule has 3 aromatic rings. The van der Waals surface area contributed by atoms with Crippen LogP contribution in [0.5, 0.6) is 0 Å². The maximum absolute atomic E-state index is 13.4. The summed E-state index contributed by atoms with van der Waals surface area (Å²) in [4.78, 5) is 41.8.